The third-order valence-electron chi connectivity index (χ3n) is 4.38. The number of nitrogens with one attached hydrogen (secondary N) is 2. The fourth-order valence-corrected chi connectivity index (χ4v) is 3.83. The molecule has 3 heterocycles. The topological polar surface area (TPSA) is 52.8 Å². The number of aliphatic imine (C=N–C) groups is 1. The molecule has 1 aliphatic rings. The highest BCUT2D eigenvalue weighted by molar-refractivity contribution is 14.0. The minimum Gasteiger partial charge on any atom is -0.468 e. The van der Waals surface area contributed by atoms with Crippen LogP contribution in [0.3, 0.4) is 0 Å². The predicted molar refractivity (Wildman–Crippen MR) is 115 cm³/mol. The number of hydrogen-bond acceptors (Lipinski definition) is 4. The fraction of sp³-hybridized carbons (Fsp3) is 0.500. The highest BCUT2D eigenvalue weighted by Gasteiger charge is 2.25. The molecular formula is C18H27IN4OS. The summed E-state index contributed by atoms with van der Waals surface area (Å²) in [5.41, 5.74) is 0. The molecule has 0 bridgehead atoms. The van der Waals surface area contributed by atoms with Gasteiger partial charge in [-0.2, -0.15) is 0 Å². The van der Waals surface area contributed by atoms with E-state index in [1.807, 2.05) is 13.1 Å². The van der Waals surface area contributed by atoms with Crippen molar-refractivity contribution < 1.29 is 4.42 Å². The van der Waals surface area contributed by atoms with Gasteiger partial charge in [-0.05, 0) is 55.9 Å². The van der Waals surface area contributed by atoms with Gasteiger partial charge in [0.15, 0.2) is 5.96 Å². The molecule has 1 saturated heterocycles. The van der Waals surface area contributed by atoms with Gasteiger partial charge in [-0.25, -0.2) is 0 Å². The summed E-state index contributed by atoms with van der Waals surface area (Å²) in [4.78, 5) is 8.22. The van der Waals surface area contributed by atoms with Crippen LogP contribution in [-0.4, -0.2) is 44.1 Å². The van der Waals surface area contributed by atoms with Crippen LogP contribution in [0.1, 0.15) is 29.5 Å². The lowest BCUT2D eigenvalue weighted by molar-refractivity contribution is 0.215. The van der Waals surface area contributed by atoms with E-state index in [0.29, 0.717) is 0 Å². The summed E-state index contributed by atoms with van der Waals surface area (Å²) in [6, 6.07) is 8.56. The molecule has 25 heavy (non-hydrogen) atoms. The first-order valence-corrected chi connectivity index (χ1v) is 9.49. The Morgan fingerprint density at radius 3 is 2.76 bits per heavy atom. The number of halogens is 1. The van der Waals surface area contributed by atoms with Gasteiger partial charge in [0.05, 0.1) is 12.3 Å². The van der Waals surface area contributed by atoms with Gasteiger partial charge in [0.2, 0.25) is 0 Å². The van der Waals surface area contributed by atoms with E-state index >= 15 is 0 Å². The molecule has 0 aliphatic carbocycles. The van der Waals surface area contributed by atoms with Crippen LogP contribution < -0.4 is 10.6 Å². The molecular weight excluding hydrogens is 447 g/mol. The number of furan rings is 1. The quantitative estimate of drug-likeness (QED) is 0.367. The second kappa shape index (κ2) is 10.8. The number of thiophene rings is 1. The molecule has 1 unspecified atom stereocenters. The van der Waals surface area contributed by atoms with Crippen LogP contribution in [0.5, 0.6) is 0 Å². The van der Waals surface area contributed by atoms with Gasteiger partial charge in [0, 0.05) is 25.0 Å². The molecule has 0 spiro atoms. The van der Waals surface area contributed by atoms with Crippen LogP contribution in [0.25, 0.3) is 0 Å². The summed E-state index contributed by atoms with van der Waals surface area (Å²) in [6.45, 7) is 3.95. The molecule has 2 aromatic rings. The molecule has 7 heteroatoms. The largest absolute Gasteiger partial charge is 0.468 e. The summed E-state index contributed by atoms with van der Waals surface area (Å²) in [5.74, 6) is 1.88. The lowest BCUT2D eigenvalue weighted by Crippen LogP contribution is -2.43. The Kier molecular flexibility index (Phi) is 8.77. The van der Waals surface area contributed by atoms with Crippen molar-refractivity contribution in [2.24, 2.45) is 4.99 Å². The van der Waals surface area contributed by atoms with E-state index in [1.165, 1.54) is 17.7 Å². The van der Waals surface area contributed by atoms with Crippen molar-refractivity contribution in [3.05, 3.63) is 46.5 Å². The van der Waals surface area contributed by atoms with E-state index in [-0.39, 0.29) is 30.0 Å². The molecule has 2 aromatic heterocycles. The van der Waals surface area contributed by atoms with E-state index in [2.05, 4.69) is 44.1 Å². The Balaban J connectivity index is 0.00000225. The van der Waals surface area contributed by atoms with Crippen molar-refractivity contribution in [2.45, 2.75) is 25.3 Å². The SMILES string of the molecule is CN=C(NCCc1cccs1)NCC(c1ccco1)N1CCCC1.I. The molecule has 3 rings (SSSR count). The van der Waals surface area contributed by atoms with Gasteiger partial charge < -0.3 is 15.1 Å². The van der Waals surface area contributed by atoms with Gasteiger partial charge in [0.1, 0.15) is 5.76 Å². The zero-order chi connectivity index (χ0) is 16.6. The second-order valence-electron chi connectivity index (χ2n) is 5.98. The number of likely N-dealkylation sites (tertiary alicyclic amines) is 1. The molecule has 2 N–H and O–H groups in total. The average Bonchev–Trinajstić information content (AvgIpc) is 3.35. The van der Waals surface area contributed by atoms with Gasteiger partial charge in [-0.1, -0.05) is 6.07 Å². The third kappa shape index (κ3) is 6.00. The summed E-state index contributed by atoms with van der Waals surface area (Å²) in [6.07, 6.45) is 5.31. The van der Waals surface area contributed by atoms with Crippen LogP contribution in [0.4, 0.5) is 0 Å². The minimum absolute atomic E-state index is 0. The lowest BCUT2D eigenvalue weighted by Gasteiger charge is -2.26. The van der Waals surface area contributed by atoms with Crippen molar-refractivity contribution in [1.82, 2.24) is 15.5 Å². The first-order chi connectivity index (χ1) is 11.9. The van der Waals surface area contributed by atoms with Gasteiger partial charge in [0.25, 0.3) is 0 Å². The van der Waals surface area contributed by atoms with Crippen LogP contribution in [0, 0.1) is 0 Å². The number of rotatable bonds is 7. The van der Waals surface area contributed by atoms with Crippen LogP contribution >= 0.6 is 35.3 Å². The highest BCUT2D eigenvalue weighted by Crippen LogP contribution is 2.24. The van der Waals surface area contributed by atoms with Crippen LogP contribution in [0.2, 0.25) is 0 Å². The van der Waals surface area contributed by atoms with Crippen molar-refractivity contribution in [2.75, 3.05) is 33.2 Å². The van der Waals surface area contributed by atoms with E-state index in [4.69, 9.17) is 4.42 Å². The zero-order valence-corrected chi connectivity index (χ0v) is 17.8. The Morgan fingerprint density at radius 1 is 1.28 bits per heavy atom. The van der Waals surface area contributed by atoms with Crippen molar-refractivity contribution in [3.8, 4) is 0 Å². The summed E-state index contributed by atoms with van der Waals surface area (Å²) in [5, 5.41) is 8.97. The van der Waals surface area contributed by atoms with Crippen molar-refractivity contribution in [3.63, 3.8) is 0 Å². The Bertz CT molecular complexity index is 609. The van der Waals surface area contributed by atoms with E-state index in [9.17, 15) is 0 Å². The van der Waals surface area contributed by atoms with Crippen LogP contribution in [-0.2, 0) is 6.42 Å². The molecule has 138 valence electrons. The van der Waals surface area contributed by atoms with Gasteiger partial charge >= 0.3 is 0 Å². The Labute approximate surface area is 170 Å². The van der Waals surface area contributed by atoms with E-state index in [1.54, 1.807) is 17.6 Å². The molecule has 5 nitrogen and oxygen atoms in total. The molecule has 0 saturated carbocycles. The summed E-state index contributed by atoms with van der Waals surface area (Å²) < 4.78 is 5.66. The van der Waals surface area contributed by atoms with Crippen molar-refractivity contribution >= 4 is 41.3 Å². The average molecular weight is 474 g/mol. The Hall–Kier alpha value is -1.06. The normalized spacial score (nSPS) is 16.4. The summed E-state index contributed by atoms with van der Waals surface area (Å²) in [7, 11) is 1.82. The van der Waals surface area contributed by atoms with Gasteiger partial charge in [-0.3, -0.25) is 9.89 Å². The summed E-state index contributed by atoms with van der Waals surface area (Å²) >= 11 is 1.80. The fourth-order valence-electron chi connectivity index (χ4n) is 3.12. The van der Waals surface area contributed by atoms with Crippen molar-refractivity contribution in [1.29, 1.82) is 0 Å². The molecule has 1 aliphatic heterocycles. The zero-order valence-electron chi connectivity index (χ0n) is 14.6. The Morgan fingerprint density at radius 2 is 2.12 bits per heavy atom. The number of hydrogen-bond donors (Lipinski definition) is 2. The van der Waals surface area contributed by atoms with Gasteiger partial charge in [-0.15, -0.1) is 35.3 Å². The van der Waals surface area contributed by atoms with Crippen LogP contribution in [0.15, 0.2) is 45.3 Å². The first-order valence-electron chi connectivity index (χ1n) is 8.61. The maximum atomic E-state index is 5.66. The predicted octanol–water partition coefficient (Wildman–Crippen LogP) is 3.50. The number of guanidine groups is 1. The molecule has 0 amide bonds. The third-order valence-corrected chi connectivity index (χ3v) is 5.32. The highest BCUT2D eigenvalue weighted by atomic mass is 127. The maximum Gasteiger partial charge on any atom is 0.191 e. The molecule has 0 aromatic carbocycles. The minimum atomic E-state index is 0. The molecule has 0 radical (unpaired) electrons. The maximum absolute atomic E-state index is 5.66. The second-order valence-corrected chi connectivity index (χ2v) is 7.02. The first kappa shape index (κ1) is 20.3. The molecule has 1 fully saturated rings. The van der Waals surface area contributed by atoms with E-state index < -0.39 is 0 Å². The lowest BCUT2D eigenvalue weighted by atomic mass is 10.2. The number of nitrogens with zero attached hydrogens (tertiary/aromatic N) is 2. The smallest absolute Gasteiger partial charge is 0.191 e. The monoisotopic (exact) mass is 474 g/mol. The molecule has 1 atom stereocenters. The van der Waals surface area contributed by atoms with E-state index in [0.717, 1.165) is 44.3 Å². The standard InChI is InChI=1S/C18H26N4OS.HI/c1-19-18(20-9-8-15-6-5-13-24-15)21-14-16(17-7-4-12-23-17)22-10-2-3-11-22;/h4-7,12-13,16H,2-3,8-11,14H2,1H3,(H2,19,20,21);1H.